The SMILES string of the molecule is C=CC(F)(F)c1cc(-c2ccc(Br)cc2Cl)nc2sc3c(=O)[nH]c(=O)[nH]c3c12. The number of fused-ring (bicyclic) bond motifs is 3. The second kappa shape index (κ2) is 6.61. The number of alkyl halides is 2. The molecular weight excluding hydrogens is 476 g/mol. The molecule has 10 heteroatoms. The Morgan fingerprint density at radius 1 is 1.25 bits per heavy atom. The van der Waals surface area contributed by atoms with Gasteiger partial charge in [0.05, 0.1) is 16.2 Å². The molecule has 0 aliphatic carbocycles. The fraction of sp³-hybridized carbons (Fsp3) is 0.0556. The molecule has 0 spiro atoms. The van der Waals surface area contributed by atoms with Crippen LogP contribution < -0.4 is 11.2 Å². The van der Waals surface area contributed by atoms with Gasteiger partial charge in [-0.05, 0) is 24.3 Å². The van der Waals surface area contributed by atoms with Crippen LogP contribution in [0.2, 0.25) is 5.02 Å². The van der Waals surface area contributed by atoms with Crippen LogP contribution in [0.15, 0.2) is 51.0 Å². The molecule has 0 atom stereocenters. The highest BCUT2D eigenvalue weighted by molar-refractivity contribution is 9.10. The number of hydrogen-bond donors (Lipinski definition) is 2. The number of hydrogen-bond acceptors (Lipinski definition) is 4. The summed E-state index contributed by atoms with van der Waals surface area (Å²) in [5, 5.41) is 0.326. The van der Waals surface area contributed by atoms with Crippen LogP contribution in [-0.4, -0.2) is 15.0 Å². The number of H-pyrrole nitrogens is 2. The van der Waals surface area contributed by atoms with Gasteiger partial charge in [0, 0.05) is 21.0 Å². The van der Waals surface area contributed by atoms with Crippen molar-refractivity contribution >= 4 is 59.3 Å². The van der Waals surface area contributed by atoms with Gasteiger partial charge < -0.3 is 4.98 Å². The van der Waals surface area contributed by atoms with Crippen LogP contribution in [0, 0.1) is 0 Å². The largest absolute Gasteiger partial charge is 0.326 e. The molecule has 142 valence electrons. The summed E-state index contributed by atoms with van der Waals surface area (Å²) in [7, 11) is 0. The molecule has 0 aliphatic heterocycles. The number of nitrogens with zero attached hydrogens (tertiary/aromatic N) is 1. The Morgan fingerprint density at radius 2 is 2.00 bits per heavy atom. The van der Waals surface area contributed by atoms with Gasteiger partial charge in [-0.15, -0.1) is 11.3 Å². The zero-order valence-corrected chi connectivity index (χ0v) is 16.9. The minimum Gasteiger partial charge on any atom is -0.305 e. The van der Waals surface area contributed by atoms with Crippen LogP contribution >= 0.6 is 38.9 Å². The Balaban J connectivity index is 2.18. The molecule has 1 aromatic carbocycles. The predicted molar refractivity (Wildman–Crippen MR) is 111 cm³/mol. The van der Waals surface area contributed by atoms with E-state index in [1.807, 2.05) is 0 Å². The molecule has 0 amide bonds. The van der Waals surface area contributed by atoms with Gasteiger partial charge in [-0.1, -0.05) is 40.2 Å². The van der Waals surface area contributed by atoms with Crippen molar-refractivity contribution in [2.75, 3.05) is 0 Å². The zero-order valence-electron chi connectivity index (χ0n) is 13.8. The van der Waals surface area contributed by atoms with Crippen molar-refractivity contribution in [3.05, 3.63) is 72.8 Å². The first-order valence-corrected chi connectivity index (χ1v) is 9.77. The summed E-state index contributed by atoms with van der Waals surface area (Å²) in [6.07, 6.45) is 0.503. The highest BCUT2D eigenvalue weighted by atomic mass is 79.9. The van der Waals surface area contributed by atoms with E-state index >= 15 is 0 Å². The van der Waals surface area contributed by atoms with Crippen LogP contribution in [0.3, 0.4) is 0 Å². The van der Waals surface area contributed by atoms with Gasteiger partial charge in [-0.25, -0.2) is 9.78 Å². The Kier molecular flexibility index (Phi) is 4.48. The summed E-state index contributed by atoms with van der Waals surface area (Å²) >= 11 is 10.5. The molecule has 0 saturated heterocycles. The number of nitrogens with one attached hydrogen (secondary N) is 2. The van der Waals surface area contributed by atoms with Gasteiger partial charge in [-0.2, -0.15) is 8.78 Å². The third kappa shape index (κ3) is 2.99. The molecule has 0 fully saturated rings. The summed E-state index contributed by atoms with van der Waals surface area (Å²) in [6.45, 7) is 3.21. The molecule has 3 aromatic heterocycles. The lowest BCUT2D eigenvalue weighted by molar-refractivity contribution is 0.0543. The summed E-state index contributed by atoms with van der Waals surface area (Å²) < 4.78 is 30.3. The van der Waals surface area contributed by atoms with E-state index < -0.39 is 22.7 Å². The molecule has 4 aromatic rings. The first-order valence-electron chi connectivity index (χ1n) is 7.78. The molecule has 4 rings (SSSR count). The number of rotatable bonds is 3. The lowest BCUT2D eigenvalue weighted by Gasteiger charge is -2.15. The Labute approximate surface area is 172 Å². The molecule has 0 saturated carbocycles. The number of aromatic nitrogens is 3. The molecular formula is C18H9BrClF2N3O2S. The summed E-state index contributed by atoms with van der Waals surface area (Å²) in [6, 6.07) is 6.19. The van der Waals surface area contributed by atoms with Crippen LogP contribution in [0.1, 0.15) is 5.56 Å². The number of halogens is 4. The molecule has 0 unspecified atom stereocenters. The summed E-state index contributed by atoms with van der Waals surface area (Å²) in [4.78, 5) is 32.9. The summed E-state index contributed by atoms with van der Waals surface area (Å²) in [5.74, 6) is -3.43. The lowest BCUT2D eigenvalue weighted by atomic mass is 10.0. The highest BCUT2D eigenvalue weighted by Crippen LogP contribution is 2.42. The van der Waals surface area contributed by atoms with E-state index in [-0.39, 0.29) is 26.1 Å². The van der Waals surface area contributed by atoms with Crippen molar-refractivity contribution in [1.82, 2.24) is 15.0 Å². The quantitative estimate of drug-likeness (QED) is 0.393. The van der Waals surface area contributed by atoms with Crippen molar-refractivity contribution in [2.24, 2.45) is 0 Å². The van der Waals surface area contributed by atoms with E-state index in [1.54, 1.807) is 18.2 Å². The van der Waals surface area contributed by atoms with Gasteiger partial charge >= 0.3 is 5.69 Å². The smallest absolute Gasteiger partial charge is 0.305 e. The minimum atomic E-state index is -3.43. The first-order chi connectivity index (χ1) is 13.2. The highest BCUT2D eigenvalue weighted by Gasteiger charge is 2.33. The average Bonchev–Trinajstić information content (AvgIpc) is 2.99. The fourth-order valence-electron chi connectivity index (χ4n) is 2.89. The Hall–Kier alpha value is -2.36. The molecule has 5 nitrogen and oxygen atoms in total. The van der Waals surface area contributed by atoms with Crippen molar-refractivity contribution in [3.8, 4) is 11.3 Å². The minimum absolute atomic E-state index is 0.00471. The standard InChI is InChI=1S/C18H9BrClF2N3O2S/c1-2-18(21,22)9-6-11(8-4-3-7(19)5-10(8)20)23-16-12(9)13-14(28-16)15(26)25-17(27)24-13/h2-6H,1H2,(H2,24,25,26,27). The third-order valence-corrected chi connectivity index (χ3v) is 6.04. The van der Waals surface area contributed by atoms with Gasteiger partial charge in [0.25, 0.3) is 11.5 Å². The molecule has 28 heavy (non-hydrogen) atoms. The maximum atomic E-state index is 14.7. The van der Waals surface area contributed by atoms with E-state index in [4.69, 9.17) is 11.6 Å². The van der Waals surface area contributed by atoms with Crippen LogP contribution in [0.25, 0.3) is 31.7 Å². The van der Waals surface area contributed by atoms with Crippen molar-refractivity contribution in [1.29, 1.82) is 0 Å². The van der Waals surface area contributed by atoms with Crippen LogP contribution in [-0.2, 0) is 5.92 Å². The monoisotopic (exact) mass is 483 g/mol. The number of benzene rings is 1. The van der Waals surface area contributed by atoms with Crippen LogP contribution in [0.4, 0.5) is 8.78 Å². The van der Waals surface area contributed by atoms with Gasteiger partial charge in [-0.3, -0.25) is 9.78 Å². The van der Waals surface area contributed by atoms with Gasteiger partial charge in [0.2, 0.25) is 0 Å². The Bertz CT molecular complexity index is 1390. The second-order valence-electron chi connectivity index (χ2n) is 5.90. The van der Waals surface area contributed by atoms with Gasteiger partial charge in [0.15, 0.2) is 0 Å². The lowest BCUT2D eigenvalue weighted by Crippen LogP contribution is -2.21. The topological polar surface area (TPSA) is 78.6 Å². The zero-order chi connectivity index (χ0) is 20.2. The number of thiophene rings is 1. The van der Waals surface area contributed by atoms with Crippen LogP contribution in [0.5, 0.6) is 0 Å². The molecule has 0 aliphatic rings. The van der Waals surface area contributed by atoms with E-state index in [2.05, 4.69) is 37.5 Å². The van der Waals surface area contributed by atoms with E-state index in [9.17, 15) is 18.4 Å². The van der Waals surface area contributed by atoms with Gasteiger partial charge in [0.1, 0.15) is 9.53 Å². The maximum Gasteiger partial charge on any atom is 0.326 e. The molecule has 2 N–H and O–H groups in total. The molecule has 3 heterocycles. The first kappa shape index (κ1) is 19.0. The van der Waals surface area contributed by atoms with E-state index in [1.165, 1.54) is 6.07 Å². The maximum absolute atomic E-state index is 14.7. The normalized spacial score (nSPS) is 12.0. The Morgan fingerprint density at radius 3 is 2.68 bits per heavy atom. The average molecular weight is 485 g/mol. The van der Waals surface area contributed by atoms with E-state index in [0.717, 1.165) is 15.8 Å². The number of aromatic amines is 2. The molecule has 0 bridgehead atoms. The number of allylic oxidation sites excluding steroid dienone is 1. The predicted octanol–water partition coefficient (Wildman–Crippen LogP) is 5.19. The fourth-order valence-corrected chi connectivity index (χ4v) is 4.71. The van der Waals surface area contributed by atoms with E-state index in [0.29, 0.717) is 16.7 Å². The second-order valence-corrected chi connectivity index (χ2v) is 8.22. The third-order valence-electron chi connectivity index (χ3n) is 4.16. The number of pyridine rings is 1. The van der Waals surface area contributed by atoms with Crippen molar-refractivity contribution in [3.63, 3.8) is 0 Å². The summed E-state index contributed by atoms with van der Waals surface area (Å²) in [5.41, 5.74) is -1.19. The van der Waals surface area contributed by atoms with Crippen molar-refractivity contribution in [2.45, 2.75) is 5.92 Å². The van der Waals surface area contributed by atoms with Crippen molar-refractivity contribution < 1.29 is 8.78 Å². The molecule has 0 radical (unpaired) electrons.